The van der Waals surface area contributed by atoms with E-state index in [9.17, 15) is 0 Å². The smallest absolute Gasteiger partial charge is 0.0965 e. The van der Waals surface area contributed by atoms with Crippen molar-refractivity contribution in [2.75, 3.05) is 18.6 Å². The number of nitrogens with zero attached hydrogens (tertiary/aromatic N) is 3. The molecule has 0 atom stereocenters. The number of hydrogen-bond donors (Lipinski definition) is 1. The van der Waals surface area contributed by atoms with Gasteiger partial charge < -0.3 is 5.32 Å². The molecule has 5 heteroatoms. The van der Waals surface area contributed by atoms with Crippen LogP contribution in [-0.4, -0.2) is 33.5 Å². The van der Waals surface area contributed by atoms with Gasteiger partial charge in [-0.25, -0.2) is 4.68 Å². The first-order chi connectivity index (χ1) is 8.04. The topological polar surface area (TPSA) is 42.7 Å². The van der Waals surface area contributed by atoms with E-state index in [2.05, 4.69) is 42.7 Å². The van der Waals surface area contributed by atoms with Crippen LogP contribution in [0.15, 0.2) is 6.20 Å². The Morgan fingerprint density at radius 2 is 2.12 bits per heavy atom. The molecule has 0 aliphatic heterocycles. The Hall–Kier alpha value is -0.550. The monoisotopic (exact) mass is 256 g/mol. The third-order valence-electron chi connectivity index (χ3n) is 2.49. The second-order valence-electron chi connectivity index (χ2n) is 5.20. The maximum absolute atomic E-state index is 4.16. The molecule has 98 valence electrons. The lowest BCUT2D eigenvalue weighted by molar-refractivity contribution is 0.347. The predicted molar refractivity (Wildman–Crippen MR) is 74.3 cm³/mol. The maximum atomic E-state index is 4.16. The van der Waals surface area contributed by atoms with Crippen LogP contribution in [0.5, 0.6) is 0 Å². The number of rotatable bonds is 7. The number of aromatic nitrogens is 3. The van der Waals surface area contributed by atoms with Gasteiger partial charge in [-0.2, -0.15) is 11.8 Å². The van der Waals surface area contributed by atoms with E-state index in [1.165, 1.54) is 18.6 Å². The molecule has 17 heavy (non-hydrogen) atoms. The average Bonchev–Trinajstić information content (AvgIpc) is 2.71. The molecule has 0 aliphatic carbocycles. The summed E-state index contributed by atoms with van der Waals surface area (Å²) in [6, 6.07) is 0. The molecule has 1 heterocycles. The largest absolute Gasteiger partial charge is 0.311 e. The van der Waals surface area contributed by atoms with Crippen LogP contribution in [0.4, 0.5) is 0 Å². The van der Waals surface area contributed by atoms with E-state index >= 15 is 0 Å². The van der Waals surface area contributed by atoms with Crippen LogP contribution in [-0.2, 0) is 12.1 Å². The first-order valence-corrected chi connectivity index (χ1v) is 7.55. The van der Waals surface area contributed by atoms with Crippen molar-refractivity contribution in [3.63, 3.8) is 0 Å². The highest BCUT2D eigenvalue weighted by Crippen LogP contribution is 2.11. The second-order valence-corrected chi connectivity index (χ2v) is 6.19. The molecule has 0 unspecified atom stereocenters. The minimum absolute atomic E-state index is 0.0175. The summed E-state index contributed by atoms with van der Waals surface area (Å²) in [5.41, 5.74) is 1.04. The molecule has 4 nitrogen and oxygen atoms in total. The fourth-order valence-corrected chi connectivity index (χ4v) is 1.91. The second kappa shape index (κ2) is 7.01. The highest BCUT2D eigenvalue weighted by atomic mass is 32.2. The minimum Gasteiger partial charge on any atom is -0.311 e. The first-order valence-electron chi connectivity index (χ1n) is 6.15. The fraction of sp³-hybridized carbons (Fsp3) is 0.833. The lowest BCUT2D eigenvalue weighted by Gasteiger charge is -2.17. The fourth-order valence-electron chi connectivity index (χ4n) is 1.42. The van der Waals surface area contributed by atoms with Crippen LogP contribution in [0.2, 0.25) is 0 Å². The summed E-state index contributed by atoms with van der Waals surface area (Å²) in [5, 5.41) is 11.7. The van der Waals surface area contributed by atoms with Crippen LogP contribution < -0.4 is 5.32 Å². The molecule has 1 rings (SSSR count). The summed E-state index contributed by atoms with van der Waals surface area (Å²) in [6.07, 6.45) is 6.68. The molecular formula is C12H24N4S. The van der Waals surface area contributed by atoms with Gasteiger partial charge in [-0.15, -0.1) is 5.10 Å². The summed E-state index contributed by atoms with van der Waals surface area (Å²) in [4.78, 5) is 0. The minimum atomic E-state index is 0.0175. The van der Waals surface area contributed by atoms with Gasteiger partial charge >= 0.3 is 0 Å². The van der Waals surface area contributed by atoms with Crippen LogP contribution in [0.25, 0.3) is 0 Å². The van der Waals surface area contributed by atoms with Crippen molar-refractivity contribution in [1.29, 1.82) is 0 Å². The highest BCUT2D eigenvalue weighted by Gasteiger charge is 2.14. The standard InChI is InChI=1S/C12H24N4S/c1-12(2,3)16-10-11(14-15-16)9-13-7-5-6-8-17-4/h10,13H,5-9H2,1-4H3. The number of unbranched alkanes of at least 4 members (excludes halogenated alkanes) is 1. The Labute approximate surface area is 109 Å². The zero-order valence-electron chi connectivity index (χ0n) is 11.4. The van der Waals surface area contributed by atoms with Gasteiger partial charge in [-0.05, 0) is 52.2 Å². The molecule has 0 amide bonds. The van der Waals surface area contributed by atoms with Gasteiger partial charge in [0.1, 0.15) is 0 Å². The van der Waals surface area contributed by atoms with Gasteiger partial charge in [-0.1, -0.05) is 5.21 Å². The Morgan fingerprint density at radius 3 is 2.71 bits per heavy atom. The lowest BCUT2D eigenvalue weighted by atomic mass is 10.1. The first kappa shape index (κ1) is 14.5. The van der Waals surface area contributed by atoms with Gasteiger partial charge in [0.25, 0.3) is 0 Å². The molecule has 1 N–H and O–H groups in total. The normalized spacial score (nSPS) is 12.0. The zero-order valence-corrected chi connectivity index (χ0v) is 12.2. The van der Waals surface area contributed by atoms with Crippen molar-refractivity contribution in [3.8, 4) is 0 Å². The quantitative estimate of drug-likeness (QED) is 0.760. The molecule has 0 aromatic carbocycles. The summed E-state index contributed by atoms with van der Waals surface area (Å²) < 4.78 is 1.91. The Balaban J connectivity index is 2.21. The predicted octanol–water partition coefficient (Wildman–Crippen LogP) is 2.27. The van der Waals surface area contributed by atoms with Crippen LogP contribution in [0.3, 0.4) is 0 Å². The van der Waals surface area contributed by atoms with Crippen molar-refractivity contribution < 1.29 is 0 Å². The van der Waals surface area contributed by atoms with Gasteiger partial charge in [-0.3, -0.25) is 0 Å². The van der Waals surface area contributed by atoms with E-state index < -0.39 is 0 Å². The zero-order chi connectivity index (χ0) is 12.7. The van der Waals surface area contributed by atoms with Gasteiger partial charge in [0.05, 0.1) is 17.4 Å². The third kappa shape index (κ3) is 5.55. The van der Waals surface area contributed by atoms with Crippen molar-refractivity contribution in [2.24, 2.45) is 0 Å². The van der Waals surface area contributed by atoms with Crippen LogP contribution in [0.1, 0.15) is 39.3 Å². The molecule has 0 spiro atoms. The van der Waals surface area contributed by atoms with Crippen molar-refractivity contribution >= 4 is 11.8 Å². The third-order valence-corrected chi connectivity index (χ3v) is 3.18. The van der Waals surface area contributed by atoms with E-state index in [0.29, 0.717) is 0 Å². The van der Waals surface area contributed by atoms with Crippen molar-refractivity contribution in [1.82, 2.24) is 20.3 Å². The number of thioether (sulfide) groups is 1. The number of hydrogen-bond acceptors (Lipinski definition) is 4. The molecule has 0 saturated carbocycles. The molecule has 0 bridgehead atoms. The van der Waals surface area contributed by atoms with E-state index in [0.717, 1.165) is 18.8 Å². The maximum Gasteiger partial charge on any atom is 0.0965 e. The van der Waals surface area contributed by atoms with E-state index in [-0.39, 0.29) is 5.54 Å². The Kier molecular flexibility index (Phi) is 5.98. The molecule has 0 radical (unpaired) electrons. The summed E-state index contributed by atoms with van der Waals surface area (Å²) in [6.45, 7) is 8.25. The van der Waals surface area contributed by atoms with Crippen LogP contribution >= 0.6 is 11.8 Å². The Morgan fingerprint density at radius 1 is 1.35 bits per heavy atom. The van der Waals surface area contributed by atoms with E-state index in [4.69, 9.17) is 0 Å². The van der Waals surface area contributed by atoms with Gasteiger partial charge in [0, 0.05) is 6.54 Å². The van der Waals surface area contributed by atoms with Gasteiger partial charge in [0.2, 0.25) is 0 Å². The average molecular weight is 256 g/mol. The lowest BCUT2D eigenvalue weighted by Crippen LogP contribution is -2.22. The molecule has 0 saturated heterocycles. The van der Waals surface area contributed by atoms with Crippen molar-refractivity contribution in [2.45, 2.75) is 45.7 Å². The molecule has 0 fully saturated rings. The summed E-state index contributed by atoms with van der Waals surface area (Å²) >= 11 is 1.91. The molecule has 0 aliphatic rings. The molecule has 1 aromatic heterocycles. The summed E-state index contributed by atoms with van der Waals surface area (Å²) in [5.74, 6) is 1.25. The molecular weight excluding hydrogens is 232 g/mol. The SMILES string of the molecule is CSCCCCNCc1cn(C(C)(C)C)nn1. The molecule has 1 aromatic rings. The summed E-state index contributed by atoms with van der Waals surface area (Å²) in [7, 11) is 0. The highest BCUT2D eigenvalue weighted by molar-refractivity contribution is 7.98. The Bertz CT molecular complexity index is 317. The van der Waals surface area contributed by atoms with Gasteiger partial charge in [0.15, 0.2) is 0 Å². The van der Waals surface area contributed by atoms with Crippen LogP contribution in [0, 0.1) is 0 Å². The van der Waals surface area contributed by atoms with E-state index in [1.54, 1.807) is 0 Å². The van der Waals surface area contributed by atoms with Crippen molar-refractivity contribution in [3.05, 3.63) is 11.9 Å². The van der Waals surface area contributed by atoms with E-state index in [1.807, 2.05) is 22.6 Å². The number of nitrogens with one attached hydrogen (secondary N) is 1.